The summed E-state index contributed by atoms with van der Waals surface area (Å²) in [6.45, 7) is 0.861. The highest BCUT2D eigenvalue weighted by molar-refractivity contribution is 9.13. The van der Waals surface area contributed by atoms with E-state index in [4.69, 9.17) is 9.52 Å². The maximum atomic E-state index is 8.84. The van der Waals surface area contributed by atoms with Gasteiger partial charge in [-0.15, -0.1) is 0 Å². The number of rotatable bonds is 6. The molecule has 3 nitrogen and oxygen atoms in total. The Bertz CT molecular complexity index is 520. The van der Waals surface area contributed by atoms with Crippen molar-refractivity contribution in [3.05, 3.63) is 50.8 Å². The minimum Gasteiger partial charge on any atom is -0.451 e. The van der Waals surface area contributed by atoms with E-state index in [1.165, 1.54) is 5.56 Å². The molecule has 2 aromatic rings. The molecule has 0 saturated heterocycles. The molecule has 0 saturated carbocycles. The van der Waals surface area contributed by atoms with Gasteiger partial charge in [0.2, 0.25) is 0 Å². The van der Waals surface area contributed by atoms with Crippen molar-refractivity contribution in [2.45, 2.75) is 19.4 Å². The SMILES string of the molecule is OCCCc1cccc(NCc2cc(Br)c(Br)o2)c1. The van der Waals surface area contributed by atoms with Crippen LogP contribution in [0.5, 0.6) is 0 Å². The molecule has 0 amide bonds. The zero-order valence-corrected chi connectivity index (χ0v) is 13.5. The molecule has 1 heterocycles. The van der Waals surface area contributed by atoms with Crippen molar-refractivity contribution in [1.29, 1.82) is 0 Å². The fourth-order valence-electron chi connectivity index (χ4n) is 1.79. The second-order valence-corrected chi connectivity index (χ2v) is 5.79. The number of nitrogens with one attached hydrogen (secondary N) is 1. The number of hydrogen-bond donors (Lipinski definition) is 2. The molecule has 5 heteroatoms. The molecule has 0 aliphatic carbocycles. The van der Waals surface area contributed by atoms with Gasteiger partial charge in [0, 0.05) is 12.3 Å². The van der Waals surface area contributed by atoms with Crippen LogP contribution in [0, 0.1) is 0 Å². The number of halogens is 2. The first-order valence-corrected chi connectivity index (χ1v) is 7.65. The van der Waals surface area contributed by atoms with Crippen molar-refractivity contribution in [3.63, 3.8) is 0 Å². The maximum absolute atomic E-state index is 8.84. The third kappa shape index (κ3) is 4.37. The van der Waals surface area contributed by atoms with Gasteiger partial charge in [0.1, 0.15) is 5.76 Å². The van der Waals surface area contributed by atoms with Crippen LogP contribution in [0.3, 0.4) is 0 Å². The molecule has 0 aliphatic heterocycles. The van der Waals surface area contributed by atoms with Crippen LogP contribution in [0.1, 0.15) is 17.7 Å². The zero-order valence-electron chi connectivity index (χ0n) is 10.3. The first-order valence-electron chi connectivity index (χ1n) is 6.06. The van der Waals surface area contributed by atoms with Gasteiger partial charge in [-0.3, -0.25) is 0 Å². The number of furan rings is 1. The number of aryl methyl sites for hydroxylation is 1. The summed E-state index contributed by atoms with van der Waals surface area (Å²) in [6.07, 6.45) is 1.69. The van der Waals surface area contributed by atoms with Crippen LogP contribution in [0.4, 0.5) is 5.69 Å². The van der Waals surface area contributed by atoms with Crippen molar-refractivity contribution in [2.75, 3.05) is 11.9 Å². The number of hydrogen-bond acceptors (Lipinski definition) is 3. The van der Waals surface area contributed by atoms with E-state index < -0.39 is 0 Å². The lowest BCUT2D eigenvalue weighted by Gasteiger charge is -2.06. The van der Waals surface area contributed by atoms with Crippen molar-refractivity contribution >= 4 is 37.5 Å². The largest absolute Gasteiger partial charge is 0.451 e. The van der Waals surface area contributed by atoms with Gasteiger partial charge in [-0.1, -0.05) is 12.1 Å². The third-order valence-corrected chi connectivity index (χ3v) is 4.42. The second-order valence-electron chi connectivity index (χ2n) is 4.22. The molecule has 0 spiro atoms. The van der Waals surface area contributed by atoms with Gasteiger partial charge < -0.3 is 14.8 Å². The minimum atomic E-state index is 0.228. The van der Waals surface area contributed by atoms with Gasteiger partial charge in [-0.25, -0.2) is 0 Å². The first-order chi connectivity index (χ1) is 9.19. The van der Waals surface area contributed by atoms with E-state index >= 15 is 0 Å². The van der Waals surface area contributed by atoms with E-state index in [0.717, 1.165) is 28.8 Å². The Balaban J connectivity index is 1.95. The van der Waals surface area contributed by atoms with Crippen LogP contribution >= 0.6 is 31.9 Å². The molecular weight excluding hydrogens is 374 g/mol. The van der Waals surface area contributed by atoms with Crippen LogP contribution in [-0.4, -0.2) is 11.7 Å². The topological polar surface area (TPSA) is 45.4 Å². The third-order valence-electron chi connectivity index (χ3n) is 2.71. The van der Waals surface area contributed by atoms with E-state index in [2.05, 4.69) is 49.3 Å². The van der Waals surface area contributed by atoms with Crippen LogP contribution in [0.2, 0.25) is 0 Å². The van der Waals surface area contributed by atoms with Gasteiger partial charge in [-0.05, 0) is 68.5 Å². The number of aliphatic hydroxyl groups is 1. The Morgan fingerprint density at radius 3 is 2.74 bits per heavy atom. The molecule has 19 heavy (non-hydrogen) atoms. The van der Waals surface area contributed by atoms with E-state index in [1.54, 1.807) is 0 Å². The highest BCUT2D eigenvalue weighted by Crippen LogP contribution is 2.27. The number of benzene rings is 1. The Labute approximate surface area is 129 Å². The van der Waals surface area contributed by atoms with Gasteiger partial charge in [0.25, 0.3) is 0 Å². The van der Waals surface area contributed by atoms with Crippen LogP contribution in [0.25, 0.3) is 0 Å². The summed E-state index contributed by atoms with van der Waals surface area (Å²) in [5, 5.41) is 12.2. The molecule has 102 valence electrons. The molecule has 0 fully saturated rings. The standard InChI is InChI=1S/C14H15Br2NO2/c15-13-8-12(19-14(13)16)9-17-11-5-1-3-10(7-11)4-2-6-18/h1,3,5,7-8,17-18H,2,4,6,9H2. The molecule has 2 rings (SSSR count). The summed E-state index contributed by atoms with van der Waals surface area (Å²) in [4.78, 5) is 0. The normalized spacial score (nSPS) is 10.7. The lowest BCUT2D eigenvalue weighted by Crippen LogP contribution is -1.99. The van der Waals surface area contributed by atoms with Gasteiger partial charge in [0.05, 0.1) is 11.0 Å². The molecule has 0 unspecified atom stereocenters. The molecule has 1 aromatic heterocycles. The van der Waals surface area contributed by atoms with Crippen molar-refractivity contribution < 1.29 is 9.52 Å². The fraction of sp³-hybridized carbons (Fsp3) is 0.286. The zero-order chi connectivity index (χ0) is 13.7. The Morgan fingerprint density at radius 2 is 2.05 bits per heavy atom. The highest BCUT2D eigenvalue weighted by atomic mass is 79.9. The number of aliphatic hydroxyl groups excluding tert-OH is 1. The molecule has 0 bridgehead atoms. The summed E-state index contributed by atoms with van der Waals surface area (Å²) < 4.78 is 7.13. The molecule has 2 N–H and O–H groups in total. The summed E-state index contributed by atoms with van der Waals surface area (Å²) in [7, 11) is 0. The summed E-state index contributed by atoms with van der Waals surface area (Å²) in [6, 6.07) is 10.1. The predicted molar refractivity (Wildman–Crippen MR) is 83.3 cm³/mol. The van der Waals surface area contributed by atoms with E-state index in [-0.39, 0.29) is 6.61 Å². The van der Waals surface area contributed by atoms with E-state index in [9.17, 15) is 0 Å². The molecule has 0 aliphatic rings. The predicted octanol–water partition coefficient (Wildman–Crippen LogP) is 4.34. The summed E-state index contributed by atoms with van der Waals surface area (Å²) in [5.41, 5.74) is 2.28. The summed E-state index contributed by atoms with van der Waals surface area (Å²) >= 11 is 6.71. The van der Waals surface area contributed by atoms with Crippen molar-refractivity contribution in [1.82, 2.24) is 0 Å². The Morgan fingerprint density at radius 1 is 1.21 bits per heavy atom. The van der Waals surface area contributed by atoms with E-state index in [0.29, 0.717) is 11.2 Å². The average Bonchev–Trinajstić information content (AvgIpc) is 2.74. The maximum Gasteiger partial charge on any atom is 0.183 e. The van der Waals surface area contributed by atoms with Gasteiger partial charge in [-0.2, -0.15) is 0 Å². The summed E-state index contributed by atoms with van der Waals surface area (Å²) in [5.74, 6) is 0.861. The fourth-order valence-corrected chi connectivity index (χ4v) is 2.45. The molecule has 0 radical (unpaired) electrons. The molecule has 1 aromatic carbocycles. The van der Waals surface area contributed by atoms with Crippen LogP contribution < -0.4 is 5.32 Å². The van der Waals surface area contributed by atoms with E-state index in [1.807, 2.05) is 18.2 Å². The van der Waals surface area contributed by atoms with Crippen molar-refractivity contribution in [3.8, 4) is 0 Å². The average molecular weight is 389 g/mol. The lowest BCUT2D eigenvalue weighted by atomic mass is 10.1. The molecule has 0 atom stereocenters. The first kappa shape index (κ1) is 14.6. The van der Waals surface area contributed by atoms with Crippen molar-refractivity contribution in [2.24, 2.45) is 0 Å². The second kappa shape index (κ2) is 7.12. The smallest absolute Gasteiger partial charge is 0.183 e. The minimum absolute atomic E-state index is 0.228. The molecular formula is C14H15Br2NO2. The van der Waals surface area contributed by atoms with Gasteiger partial charge >= 0.3 is 0 Å². The Kier molecular flexibility index (Phi) is 5.48. The monoisotopic (exact) mass is 387 g/mol. The van der Waals surface area contributed by atoms with Gasteiger partial charge in [0.15, 0.2) is 4.67 Å². The van der Waals surface area contributed by atoms with Crippen LogP contribution in [-0.2, 0) is 13.0 Å². The quantitative estimate of drug-likeness (QED) is 0.773. The van der Waals surface area contributed by atoms with Crippen LogP contribution in [0.15, 0.2) is 43.9 Å². The lowest BCUT2D eigenvalue weighted by molar-refractivity contribution is 0.288. The number of anilines is 1. The highest BCUT2D eigenvalue weighted by Gasteiger charge is 2.05. The Hall–Kier alpha value is -0.780.